The summed E-state index contributed by atoms with van der Waals surface area (Å²) in [5, 5.41) is 7.01. The molecule has 2 aromatic carbocycles. The molecular formula is C21H21N3O4. The molecule has 0 spiro atoms. The summed E-state index contributed by atoms with van der Waals surface area (Å²) in [6.45, 7) is 1.46. The number of nitrogens with one attached hydrogen (secondary N) is 1. The van der Waals surface area contributed by atoms with Crippen LogP contribution in [0.25, 0.3) is 5.69 Å². The van der Waals surface area contributed by atoms with Crippen molar-refractivity contribution >= 4 is 11.9 Å². The SMILES string of the molecule is COc1cn(-c2ccccc2)nc1C(=O)OCC(=O)NC(C)c1ccccc1. The number of amides is 1. The second kappa shape index (κ2) is 8.85. The largest absolute Gasteiger partial charge is 0.493 e. The van der Waals surface area contributed by atoms with Crippen LogP contribution >= 0.6 is 0 Å². The van der Waals surface area contributed by atoms with E-state index in [4.69, 9.17) is 9.47 Å². The summed E-state index contributed by atoms with van der Waals surface area (Å²) in [5.74, 6) is -0.855. The van der Waals surface area contributed by atoms with Gasteiger partial charge in [0.1, 0.15) is 0 Å². The molecule has 1 aromatic heterocycles. The fourth-order valence-electron chi connectivity index (χ4n) is 2.67. The molecule has 144 valence electrons. The summed E-state index contributed by atoms with van der Waals surface area (Å²) in [6.07, 6.45) is 1.59. The van der Waals surface area contributed by atoms with Gasteiger partial charge in [-0.05, 0) is 24.6 Å². The van der Waals surface area contributed by atoms with Crippen LogP contribution in [0.3, 0.4) is 0 Å². The highest BCUT2D eigenvalue weighted by molar-refractivity contribution is 5.92. The Morgan fingerprint density at radius 2 is 1.71 bits per heavy atom. The topological polar surface area (TPSA) is 82.5 Å². The fraction of sp³-hybridized carbons (Fsp3) is 0.190. The van der Waals surface area contributed by atoms with Crippen molar-refractivity contribution in [2.24, 2.45) is 0 Å². The Bertz CT molecular complexity index is 939. The van der Waals surface area contributed by atoms with Crippen LogP contribution in [-0.2, 0) is 9.53 Å². The highest BCUT2D eigenvalue weighted by atomic mass is 16.5. The van der Waals surface area contributed by atoms with Gasteiger partial charge in [-0.1, -0.05) is 48.5 Å². The van der Waals surface area contributed by atoms with Gasteiger partial charge in [0.25, 0.3) is 5.91 Å². The van der Waals surface area contributed by atoms with Crippen molar-refractivity contribution in [3.05, 3.63) is 78.1 Å². The molecule has 0 bridgehead atoms. The predicted molar refractivity (Wildman–Crippen MR) is 103 cm³/mol. The molecule has 28 heavy (non-hydrogen) atoms. The first-order valence-corrected chi connectivity index (χ1v) is 8.79. The Kier molecular flexibility index (Phi) is 6.06. The number of methoxy groups -OCH3 is 1. The van der Waals surface area contributed by atoms with Crippen LogP contribution in [0.5, 0.6) is 5.75 Å². The first kappa shape index (κ1) is 19.2. The zero-order valence-electron chi connectivity index (χ0n) is 15.7. The first-order valence-electron chi connectivity index (χ1n) is 8.79. The number of esters is 1. The molecule has 0 fully saturated rings. The quantitative estimate of drug-likeness (QED) is 0.638. The third-order valence-corrected chi connectivity index (χ3v) is 4.13. The lowest BCUT2D eigenvalue weighted by Crippen LogP contribution is -2.31. The number of hydrogen-bond acceptors (Lipinski definition) is 5. The molecule has 1 amide bonds. The molecule has 0 aliphatic heterocycles. The van der Waals surface area contributed by atoms with Gasteiger partial charge in [0.15, 0.2) is 12.4 Å². The molecule has 7 nitrogen and oxygen atoms in total. The summed E-state index contributed by atoms with van der Waals surface area (Å²) < 4.78 is 11.8. The smallest absolute Gasteiger partial charge is 0.363 e. The van der Waals surface area contributed by atoms with Crippen molar-refractivity contribution in [2.75, 3.05) is 13.7 Å². The van der Waals surface area contributed by atoms with Gasteiger partial charge in [0, 0.05) is 0 Å². The van der Waals surface area contributed by atoms with Crippen LogP contribution in [0.15, 0.2) is 66.9 Å². The summed E-state index contributed by atoms with van der Waals surface area (Å²) >= 11 is 0. The van der Waals surface area contributed by atoms with Crippen molar-refractivity contribution in [1.29, 1.82) is 0 Å². The van der Waals surface area contributed by atoms with E-state index in [1.54, 1.807) is 6.20 Å². The van der Waals surface area contributed by atoms with E-state index < -0.39 is 18.5 Å². The second-order valence-corrected chi connectivity index (χ2v) is 6.10. The molecule has 1 heterocycles. The maximum atomic E-state index is 12.4. The van der Waals surface area contributed by atoms with Gasteiger partial charge in [0.05, 0.1) is 25.0 Å². The predicted octanol–water partition coefficient (Wildman–Crippen LogP) is 2.92. The number of nitrogens with zero attached hydrogens (tertiary/aromatic N) is 2. The molecule has 7 heteroatoms. The van der Waals surface area contributed by atoms with Crippen LogP contribution in [0, 0.1) is 0 Å². The number of benzene rings is 2. The van der Waals surface area contributed by atoms with E-state index in [0.717, 1.165) is 11.3 Å². The van der Waals surface area contributed by atoms with Gasteiger partial charge >= 0.3 is 5.97 Å². The van der Waals surface area contributed by atoms with E-state index in [1.807, 2.05) is 67.6 Å². The number of aromatic nitrogens is 2. The van der Waals surface area contributed by atoms with E-state index in [-0.39, 0.29) is 17.5 Å². The van der Waals surface area contributed by atoms with Gasteiger partial charge in [-0.15, -0.1) is 0 Å². The van der Waals surface area contributed by atoms with E-state index in [9.17, 15) is 9.59 Å². The fourth-order valence-corrected chi connectivity index (χ4v) is 2.67. The highest BCUT2D eigenvalue weighted by Crippen LogP contribution is 2.20. The minimum absolute atomic E-state index is 0.00950. The zero-order valence-corrected chi connectivity index (χ0v) is 15.7. The van der Waals surface area contributed by atoms with Crippen LogP contribution < -0.4 is 10.1 Å². The molecule has 1 atom stereocenters. The molecule has 0 saturated carbocycles. The lowest BCUT2D eigenvalue weighted by atomic mass is 10.1. The molecule has 0 aliphatic rings. The molecule has 1 unspecified atom stereocenters. The van der Waals surface area contributed by atoms with Crippen molar-refractivity contribution in [3.8, 4) is 11.4 Å². The minimum atomic E-state index is -0.728. The third-order valence-electron chi connectivity index (χ3n) is 4.13. The molecule has 0 aliphatic carbocycles. The summed E-state index contributed by atoms with van der Waals surface area (Å²) in [7, 11) is 1.44. The number of carbonyl (C=O) groups is 2. The van der Waals surface area contributed by atoms with E-state index >= 15 is 0 Å². The maximum absolute atomic E-state index is 12.4. The Labute approximate surface area is 162 Å². The van der Waals surface area contributed by atoms with Crippen molar-refractivity contribution in [3.63, 3.8) is 0 Å². The Balaban J connectivity index is 1.61. The number of rotatable bonds is 7. The second-order valence-electron chi connectivity index (χ2n) is 6.10. The van der Waals surface area contributed by atoms with Crippen molar-refractivity contribution in [2.45, 2.75) is 13.0 Å². The number of ether oxygens (including phenoxy) is 2. The average molecular weight is 379 g/mol. The van der Waals surface area contributed by atoms with E-state index in [1.165, 1.54) is 11.8 Å². The van der Waals surface area contributed by atoms with Gasteiger partial charge in [-0.3, -0.25) is 4.79 Å². The normalized spacial score (nSPS) is 11.5. The average Bonchev–Trinajstić information content (AvgIpc) is 3.18. The Morgan fingerprint density at radius 1 is 1.07 bits per heavy atom. The first-order chi connectivity index (χ1) is 13.6. The summed E-state index contributed by atoms with van der Waals surface area (Å²) in [4.78, 5) is 24.5. The van der Waals surface area contributed by atoms with E-state index in [0.29, 0.717) is 0 Å². The number of carbonyl (C=O) groups excluding carboxylic acids is 2. The lowest BCUT2D eigenvalue weighted by molar-refractivity contribution is -0.124. The molecule has 3 aromatic rings. The molecule has 0 radical (unpaired) electrons. The lowest BCUT2D eigenvalue weighted by Gasteiger charge is -2.14. The van der Waals surface area contributed by atoms with Crippen LogP contribution in [0.2, 0.25) is 0 Å². The number of hydrogen-bond donors (Lipinski definition) is 1. The standard InChI is InChI=1S/C21H21N3O4/c1-15(16-9-5-3-6-10-16)22-19(25)14-28-21(26)20-18(27-2)13-24(23-20)17-11-7-4-8-12-17/h3-13,15H,14H2,1-2H3,(H,22,25). The zero-order chi connectivity index (χ0) is 19.9. The van der Waals surface area contributed by atoms with Crippen LogP contribution in [0.4, 0.5) is 0 Å². The monoisotopic (exact) mass is 379 g/mol. The molecular weight excluding hydrogens is 358 g/mol. The Morgan fingerprint density at radius 3 is 2.36 bits per heavy atom. The molecule has 1 N–H and O–H groups in total. The Hall–Kier alpha value is -3.61. The number of para-hydroxylation sites is 1. The van der Waals surface area contributed by atoms with Crippen LogP contribution in [-0.4, -0.2) is 35.4 Å². The third kappa shape index (κ3) is 4.56. The van der Waals surface area contributed by atoms with Gasteiger partial charge < -0.3 is 14.8 Å². The van der Waals surface area contributed by atoms with Gasteiger partial charge in [-0.2, -0.15) is 5.10 Å². The van der Waals surface area contributed by atoms with Gasteiger partial charge in [0.2, 0.25) is 5.69 Å². The minimum Gasteiger partial charge on any atom is -0.493 e. The van der Waals surface area contributed by atoms with Crippen molar-refractivity contribution in [1.82, 2.24) is 15.1 Å². The molecule has 3 rings (SSSR count). The molecule has 0 saturated heterocycles. The summed E-state index contributed by atoms with van der Waals surface area (Å²) in [6, 6.07) is 18.6. The van der Waals surface area contributed by atoms with Gasteiger partial charge in [-0.25, -0.2) is 9.48 Å². The van der Waals surface area contributed by atoms with E-state index in [2.05, 4.69) is 10.4 Å². The van der Waals surface area contributed by atoms with Crippen molar-refractivity contribution < 1.29 is 19.1 Å². The summed E-state index contributed by atoms with van der Waals surface area (Å²) in [5.41, 5.74) is 1.75. The highest BCUT2D eigenvalue weighted by Gasteiger charge is 2.21. The van der Waals surface area contributed by atoms with Crippen LogP contribution in [0.1, 0.15) is 29.0 Å². The maximum Gasteiger partial charge on any atom is 0.363 e.